The van der Waals surface area contributed by atoms with Crippen LogP contribution in [0.2, 0.25) is 0 Å². The van der Waals surface area contributed by atoms with Crippen molar-refractivity contribution < 1.29 is 19.1 Å². The second-order valence-electron chi connectivity index (χ2n) is 19.0. The predicted molar refractivity (Wildman–Crippen MR) is 267 cm³/mol. The van der Waals surface area contributed by atoms with E-state index < -0.39 is 11.2 Å². The van der Waals surface area contributed by atoms with E-state index >= 15 is 0 Å². The number of aromatic amines is 2. The first-order valence-corrected chi connectivity index (χ1v) is 23.6. The molecule has 0 unspecified atom stereocenters. The molecule has 0 spiro atoms. The number of piperazine rings is 2. The maximum atomic E-state index is 12.3. The highest BCUT2D eigenvalue weighted by molar-refractivity contribution is 7.99. The molecule has 2 aliphatic heterocycles. The second-order valence-corrected chi connectivity index (χ2v) is 20.0. The lowest BCUT2D eigenvalue weighted by atomic mass is 9.99. The highest BCUT2D eigenvalue weighted by Crippen LogP contribution is 2.37. The van der Waals surface area contributed by atoms with Crippen molar-refractivity contribution in [3.63, 3.8) is 0 Å². The monoisotopic (exact) mass is 902 g/mol. The van der Waals surface area contributed by atoms with Crippen molar-refractivity contribution in [1.29, 1.82) is 0 Å². The molecule has 13 heteroatoms. The highest BCUT2D eigenvalue weighted by atomic mass is 32.2. The summed E-state index contributed by atoms with van der Waals surface area (Å²) in [6.07, 6.45) is 0.343. The maximum absolute atomic E-state index is 12.3. The van der Waals surface area contributed by atoms with Crippen LogP contribution in [0.15, 0.2) is 131 Å². The van der Waals surface area contributed by atoms with Gasteiger partial charge in [-0.15, -0.1) is 0 Å². The Hall–Kier alpha value is -6.73. The van der Waals surface area contributed by atoms with Gasteiger partial charge in [0, 0.05) is 91.5 Å². The molecule has 2 fully saturated rings. The largest absolute Gasteiger partial charge is 0.444 e. The molecular formula is C53H58N8O4S. The fourth-order valence-corrected chi connectivity index (χ4v) is 9.65. The molecule has 12 nitrogen and oxygen atoms in total. The summed E-state index contributed by atoms with van der Waals surface area (Å²) in [7, 11) is 0. The topological polar surface area (TPSA) is 123 Å². The summed E-state index contributed by atoms with van der Waals surface area (Å²) in [5.41, 5.74) is 5.74. The normalized spacial score (nSPS) is 14.8. The van der Waals surface area contributed by atoms with Gasteiger partial charge in [-0.2, -0.15) is 10.2 Å². The molecule has 340 valence electrons. The van der Waals surface area contributed by atoms with Crippen LogP contribution in [0.4, 0.5) is 21.0 Å². The molecule has 0 radical (unpaired) electrons. The number of H-pyrrole nitrogens is 2. The summed E-state index contributed by atoms with van der Waals surface area (Å²) in [5, 5.41) is 23.9. The summed E-state index contributed by atoms with van der Waals surface area (Å²) in [4.78, 5) is 34.1. The molecule has 8 aromatic rings. The number of benzene rings is 6. The molecule has 2 aromatic heterocycles. The smallest absolute Gasteiger partial charge is 0.410 e. The number of carbonyl (C=O) groups is 2. The van der Waals surface area contributed by atoms with E-state index in [4.69, 9.17) is 9.47 Å². The van der Waals surface area contributed by atoms with Gasteiger partial charge in [0.1, 0.15) is 16.2 Å². The zero-order valence-corrected chi connectivity index (χ0v) is 39.5. The van der Waals surface area contributed by atoms with Gasteiger partial charge in [0.25, 0.3) is 0 Å². The van der Waals surface area contributed by atoms with Crippen molar-refractivity contribution in [2.24, 2.45) is 0 Å². The lowest BCUT2D eigenvalue weighted by Gasteiger charge is -2.36. The molecular weight excluding hydrogens is 845 g/mol. The third kappa shape index (κ3) is 10.2. The average molecular weight is 903 g/mol. The van der Waals surface area contributed by atoms with Gasteiger partial charge in [-0.25, -0.2) is 9.59 Å². The number of amides is 2. The average Bonchev–Trinajstić information content (AvgIpc) is 3.91. The van der Waals surface area contributed by atoms with Gasteiger partial charge in [-0.05, 0) is 111 Å². The van der Waals surface area contributed by atoms with Gasteiger partial charge in [0.05, 0.1) is 11.0 Å². The molecule has 2 saturated heterocycles. The third-order valence-electron chi connectivity index (χ3n) is 11.9. The zero-order valence-electron chi connectivity index (χ0n) is 38.6. The maximum Gasteiger partial charge on any atom is 0.410 e. The minimum absolute atomic E-state index is 0.233. The number of ether oxygens (including phenoxy) is 2. The molecule has 0 bridgehead atoms. The first-order valence-electron chi connectivity index (χ1n) is 22.8. The number of carbonyl (C=O) groups excluding carboxylic acids is 2. The number of hydrogen-bond donors (Lipinski definition) is 2. The number of aromatic nitrogens is 4. The second kappa shape index (κ2) is 18.6. The van der Waals surface area contributed by atoms with Crippen LogP contribution in [0.5, 0.6) is 0 Å². The third-order valence-corrected chi connectivity index (χ3v) is 13.0. The first kappa shape index (κ1) is 44.5. The van der Waals surface area contributed by atoms with Crippen LogP contribution in [0.25, 0.3) is 43.4 Å². The molecule has 0 atom stereocenters. The lowest BCUT2D eigenvalue weighted by molar-refractivity contribution is 0.0230. The first-order chi connectivity index (χ1) is 31.7. The molecule has 2 amide bonds. The van der Waals surface area contributed by atoms with Gasteiger partial charge < -0.3 is 29.1 Å². The Morgan fingerprint density at radius 3 is 1.71 bits per heavy atom. The fourth-order valence-electron chi connectivity index (χ4n) is 8.62. The van der Waals surface area contributed by atoms with Crippen LogP contribution >= 0.6 is 11.8 Å². The van der Waals surface area contributed by atoms with Crippen molar-refractivity contribution >= 4 is 78.7 Å². The predicted octanol–water partition coefficient (Wildman–Crippen LogP) is 11.3. The standard InChI is InChI=1S/C27H30N4O2.C26H28N4O2S/c1-27(2,3)33-26(32)31-15-13-30(14-16-31)21-11-12-23-24(28-29-25(23)18-21)17-20-9-6-8-19-7-4-5-10-22(19)20;1-26(2,3)32-25(31)30-15-13-29(14-16-30)19-11-12-21-22(17-19)27-28-24(21)33-23-10-6-8-18-7-4-5-9-20(18)23/h4-12,18H,13-17H2,1-3H3,(H,28,29);4-12,17H,13-16H2,1-3H3,(H,27,28). The SMILES string of the molecule is CC(C)(C)OC(=O)N1CCN(c2ccc3c(Cc4cccc5ccccc45)[nH]nc3c2)CC1.CC(C)(C)OC(=O)N1CCN(c2ccc3c(Sc4cccc5ccccc45)n[nH]c3c2)CC1. The number of hydrogen-bond acceptors (Lipinski definition) is 9. The summed E-state index contributed by atoms with van der Waals surface area (Å²) in [5.74, 6) is 0. The van der Waals surface area contributed by atoms with E-state index in [9.17, 15) is 9.59 Å². The molecule has 10 rings (SSSR count). The molecule has 4 heterocycles. The van der Waals surface area contributed by atoms with Crippen LogP contribution in [0.1, 0.15) is 52.8 Å². The van der Waals surface area contributed by atoms with Crippen molar-refractivity contribution in [3.8, 4) is 0 Å². The Bertz CT molecular complexity index is 2790. The zero-order chi connectivity index (χ0) is 46.0. The van der Waals surface area contributed by atoms with Crippen LogP contribution < -0.4 is 9.80 Å². The number of rotatable bonds is 6. The minimum Gasteiger partial charge on any atom is -0.444 e. The van der Waals surface area contributed by atoms with Crippen LogP contribution in [-0.4, -0.2) is 106 Å². The Morgan fingerprint density at radius 1 is 0.561 bits per heavy atom. The number of anilines is 2. The van der Waals surface area contributed by atoms with E-state index in [1.165, 1.54) is 32.0 Å². The Kier molecular flexibility index (Phi) is 12.6. The summed E-state index contributed by atoms with van der Waals surface area (Å²) in [6.45, 7) is 17.1. The fraction of sp³-hybridized carbons (Fsp3) is 0.321. The molecule has 6 aromatic carbocycles. The van der Waals surface area contributed by atoms with Crippen molar-refractivity contribution in [2.45, 2.75) is 69.1 Å². The molecule has 0 aliphatic carbocycles. The quantitative estimate of drug-likeness (QED) is 0.168. The van der Waals surface area contributed by atoms with E-state index in [0.29, 0.717) is 26.2 Å². The van der Waals surface area contributed by atoms with Crippen molar-refractivity contribution in [2.75, 3.05) is 62.2 Å². The summed E-state index contributed by atoms with van der Waals surface area (Å²) < 4.78 is 11.0. The van der Waals surface area contributed by atoms with Crippen molar-refractivity contribution in [3.05, 3.63) is 133 Å². The summed E-state index contributed by atoms with van der Waals surface area (Å²) in [6, 6.07) is 42.7. The van der Waals surface area contributed by atoms with Crippen LogP contribution in [-0.2, 0) is 15.9 Å². The Balaban J connectivity index is 0.000000166. The lowest BCUT2D eigenvalue weighted by Crippen LogP contribution is -2.50. The highest BCUT2D eigenvalue weighted by Gasteiger charge is 2.28. The molecule has 2 aliphatic rings. The number of nitrogens with one attached hydrogen (secondary N) is 2. The van der Waals surface area contributed by atoms with Gasteiger partial charge in [-0.3, -0.25) is 10.2 Å². The van der Waals surface area contributed by atoms with E-state index in [1.807, 2.05) is 41.5 Å². The van der Waals surface area contributed by atoms with E-state index in [2.05, 4.69) is 152 Å². The van der Waals surface area contributed by atoms with E-state index in [-0.39, 0.29) is 12.2 Å². The van der Waals surface area contributed by atoms with Crippen LogP contribution in [0, 0.1) is 0 Å². The number of nitrogens with zero attached hydrogens (tertiary/aromatic N) is 6. The summed E-state index contributed by atoms with van der Waals surface area (Å²) >= 11 is 1.69. The minimum atomic E-state index is -0.471. The van der Waals surface area contributed by atoms with Gasteiger partial charge >= 0.3 is 12.2 Å². The Morgan fingerprint density at radius 2 is 1.09 bits per heavy atom. The molecule has 0 saturated carbocycles. The van der Waals surface area contributed by atoms with Crippen molar-refractivity contribution in [1.82, 2.24) is 30.2 Å². The molecule has 2 N–H and O–H groups in total. The Labute approximate surface area is 390 Å². The van der Waals surface area contributed by atoms with Gasteiger partial charge in [-0.1, -0.05) is 90.6 Å². The molecule has 66 heavy (non-hydrogen) atoms. The number of fused-ring (bicyclic) bond motifs is 4. The van der Waals surface area contributed by atoms with Crippen LogP contribution in [0.3, 0.4) is 0 Å². The van der Waals surface area contributed by atoms with E-state index in [0.717, 1.165) is 76.5 Å². The van der Waals surface area contributed by atoms with Gasteiger partial charge in [0.2, 0.25) is 0 Å². The van der Waals surface area contributed by atoms with E-state index in [1.54, 1.807) is 21.6 Å². The van der Waals surface area contributed by atoms with Gasteiger partial charge in [0.15, 0.2) is 0 Å².